The molecule has 3 unspecified atom stereocenters. The lowest BCUT2D eigenvalue weighted by atomic mass is 10.4. The van der Waals surface area contributed by atoms with Crippen molar-refractivity contribution >= 4 is 0 Å². The van der Waals surface area contributed by atoms with Crippen molar-refractivity contribution in [3.8, 4) is 0 Å². The second-order valence-electron chi connectivity index (χ2n) is 3.73. The van der Waals surface area contributed by atoms with Gasteiger partial charge in [-0.3, -0.25) is 0 Å². The number of aliphatic hydroxyl groups is 2. The van der Waals surface area contributed by atoms with E-state index in [1.165, 1.54) is 0 Å². The standard InChI is InChI=1S/C9H20O4.C3H6/c1-7(11)5-12-9(3)6-13-8(2)4-10;1-3-2/h7-11H,4-6H2,1-3H3;3H,1H2,2H3. The third-order valence-electron chi connectivity index (χ3n) is 1.49. The summed E-state index contributed by atoms with van der Waals surface area (Å²) in [4.78, 5) is 0. The minimum Gasteiger partial charge on any atom is -0.394 e. The van der Waals surface area contributed by atoms with Crippen molar-refractivity contribution in [1.29, 1.82) is 0 Å². The Kier molecular flexibility index (Phi) is 14.2. The van der Waals surface area contributed by atoms with Gasteiger partial charge < -0.3 is 19.7 Å². The van der Waals surface area contributed by atoms with Gasteiger partial charge in [0.1, 0.15) is 0 Å². The molecule has 0 bridgehead atoms. The molecule has 3 atom stereocenters. The fourth-order valence-electron chi connectivity index (χ4n) is 0.704. The summed E-state index contributed by atoms with van der Waals surface area (Å²) in [5, 5.41) is 17.6. The third-order valence-corrected chi connectivity index (χ3v) is 1.49. The van der Waals surface area contributed by atoms with Crippen molar-refractivity contribution in [3.63, 3.8) is 0 Å². The Morgan fingerprint density at radius 2 is 1.56 bits per heavy atom. The van der Waals surface area contributed by atoms with E-state index in [1.807, 2.05) is 13.8 Å². The van der Waals surface area contributed by atoms with E-state index in [2.05, 4.69) is 6.58 Å². The summed E-state index contributed by atoms with van der Waals surface area (Å²) in [6.45, 7) is 11.4. The van der Waals surface area contributed by atoms with Crippen molar-refractivity contribution < 1.29 is 19.7 Å². The van der Waals surface area contributed by atoms with Crippen LogP contribution in [-0.2, 0) is 9.47 Å². The molecule has 0 amide bonds. The van der Waals surface area contributed by atoms with E-state index in [0.29, 0.717) is 13.2 Å². The van der Waals surface area contributed by atoms with Gasteiger partial charge in [-0.2, -0.15) is 0 Å². The van der Waals surface area contributed by atoms with Gasteiger partial charge in [0.2, 0.25) is 0 Å². The summed E-state index contributed by atoms with van der Waals surface area (Å²) in [6.07, 6.45) is 1.10. The number of aliphatic hydroxyl groups excluding tert-OH is 2. The van der Waals surface area contributed by atoms with Gasteiger partial charge >= 0.3 is 0 Å². The largest absolute Gasteiger partial charge is 0.394 e. The zero-order chi connectivity index (χ0) is 13.0. The average molecular weight is 234 g/mol. The van der Waals surface area contributed by atoms with Crippen LogP contribution in [0.25, 0.3) is 0 Å². The second kappa shape index (κ2) is 12.6. The van der Waals surface area contributed by atoms with Crippen LogP contribution in [0.1, 0.15) is 27.7 Å². The minimum atomic E-state index is -0.447. The van der Waals surface area contributed by atoms with Gasteiger partial charge in [-0.1, -0.05) is 6.08 Å². The summed E-state index contributed by atoms with van der Waals surface area (Å²) < 4.78 is 10.5. The predicted molar refractivity (Wildman–Crippen MR) is 65.5 cm³/mol. The number of rotatable bonds is 7. The van der Waals surface area contributed by atoms with Crippen molar-refractivity contribution in [3.05, 3.63) is 12.7 Å². The van der Waals surface area contributed by atoms with Gasteiger partial charge in [-0.05, 0) is 27.7 Å². The molecule has 0 saturated heterocycles. The fourth-order valence-corrected chi connectivity index (χ4v) is 0.704. The van der Waals surface area contributed by atoms with Crippen LogP contribution in [0.5, 0.6) is 0 Å². The Balaban J connectivity index is 0. The fraction of sp³-hybridized carbons (Fsp3) is 0.833. The first kappa shape index (κ1) is 18.0. The monoisotopic (exact) mass is 234 g/mol. The smallest absolute Gasteiger partial charge is 0.0781 e. The molecular formula is C12H26O4. The molecule has 0 rings (SSSR count). The third kappa shape index (κ3) is 16.0. The van der Waals surface area contributed by atoms with E-state index in [-0.39, 0.29) is 18.8 Å². The van der Waals surface area contributed by atoms with E-state index >= 15 is 0 Å². The SMILES string of the molecule is C=CC.CC(O)COC(C)COC(C)CO. The molecule has 0 heterocycles. The second-order valence-corrected chi connectivity index (χ2v) is 3.73. The van der Waals surface area contributed by atoms with Crippen LogP contribution in [-0.4, -0.2) is 48.3 Å². The average Bonchev–Trinajstić information content (AvgIpc) is 2.24. The Morgan fingerprint density at radius 3 is 1.94 bits per heavy atom. The molecule has 98 valence electrons. The zero-order valence-corrected chi connectivity index (χ0v) is 10.8. The number of allylic oxidation sites excluding steroid dienone is 1. The van der Waals surface area contributed by atoms with Gasteiger partial charge in [0.25, 0.3) is 0 Å². The molecule has 16 heavy (non-hydrogen) atoms. The zero-order valence-electron chi connectivity index (χ0n) is 10.8. The first-order valence-electron chi connectivity index (χ1n) is 5.57. The highest BCUT2D eigenvalue weighted by Gasteiger charge is 2.06. The van der Waals surface area contributed by atoms with Crippen LogP contribution in [0.15, 0.2) is 12.7 Å². The van der Waals surface area contributed by atoms with Crippen molar-refractivity contribution in [2.24, 2.45) is 0 Å². The molecular weight excluding hydrogens is 208 g/mol. The normalized spacial score (nSPS) is 15.6. The Morgan fingerprint density at radius 1 is 1.12 bits per heavy atom. The predicted octanol–water partition coefficient (Wildman–Crippen LogP) is 1.36. The maximum Gasteiger partial charge on any atom is 0.0781 e. The minimum absolute atomic E-state index is 0.0170. The first-order chi connectivity index (χ1) is 7.47. The summed E-state index contributed by atoms with van der Waals surface area (Å²) >= 11 is 0. The highest BCUT2D eigenvalue weighted by Crippen LogP contribution is 1.97. The molecule has 0 aliphatic rings. The molecule has 0 fully saturated rings. The molecule has 0 aromatic carbocycles. The lowest BCUT2D eigenvalue weighted by molar-refractivity contribution is -0.0620. The van der Waals surface area contributed by atoms with E-state index in [1.54, 1.807) is 19.9 Å². The molecule has 0 aromatic rings. The first-order valence-corrected chi connectivity index (χ1v) is 5.57. The number of hydrogen-bond donors (Lipinski definition) is 2. The maximum atomic E-state index is 8.92. The van der Waals surface area contributed by atoms with Crippen LogP contribution >= 0.6 is 0 Å². The molecule has 4 nitrogen and oxygen atoms in total. The Labute approximate surface area is 98.9 Å². The van der Waals surface area contributed by atoms with E-state index in [0.717, 1.165) is 0 Å². The van der Waals surface area contributed by atoms with Crippen LogP contribution in [0.2, 0.25) is 0 Å². The highest BCUT2D eigenvalue weighted by molar-refractivity contribution is 4.53. The summed E-state index contributed by atoms with van der Waals surface area (Å²) in [5.74, 6) is 0. The summed E-state index contributed by atoms with van der Waals surface area (Å²) in [5.41, 5.74) is 0. The lowest BCUT2D eigenvalue weighted by Crippen LogP contribution is -2.24. The van der Waals surface area contributed by atoms with Gasteiger partial charge in [0.15, 0.2) is 0 Å². The lowest BCUT2D eigenvalue weighted by Gasteiger charge is -2.16. The van der Waals surface area contributed by atoms with E-state index < -0.39 is 6.10 Å². The molecule has 0 aromatic heterocycles. The summed E-state index contributed by atoms with van der Waals surface area (Å²) in [6, 6.07) is 0. The van der Waals surface area contributed by atoms with Crippen molar-refractivity contribution in [1.82, 2.24) is 0 Å². The molecule has 4 heteroatoms. The van der Waals surface area contributed by atoms with Crippen molar-refractivity contribution in [2.45, 2.75) is 46.0 Å². The molecule has 0 aliphatic heterocycles. The molecule has 0 spiro atoms. The van der Waals surface area contributed by atoms with Gasteiger partial charge in [-0.25, -0.2) is 0 Å². The van der Waals surface area contributed by atoms with Gasteiger partial charge in [-0.15, -0.1) is 6.58 Å². The Hall–Kier alpha value is -0.420. The van der Waals surface area contributed by atoms with E-state index in [4.69, 9.17) is 19.7 Å². The number of ether oxygens (including phenoxy) is 2. The van der Waals surface area contributed by atoms with Gasteiger partial charge in [0.05, 0.1) is 38.1 Å². The molecule has 0 aliphatic carbocycles. The van der Waals surface area contributed by atoms with Crippen LogP contribution in [0.3, 0.4) is 0 Å². The van der Waals surface area contributed by atoms with Crippen molar-refractivity contribution in [2.75, 3.05) is 19.8 Å². The molecule has 0 saturated carbocycles. The van der Waals surface area contributed by atoms with Crippen LogP contribution < -0.4 is 0 Å². The highest BCUT2D eigenvalue weighted by atomic mass is 16.5. The Bertz CT molecular complexity index is 148. The quantitative estimate of drug-likeness (QED) is 0.653. The number of hydrogen-bond acceptors (Lipinski definition) is 4. The topological polar surface area (TPSA) is 58.9 Å². The maximum absolute atomic E-state index is 8.92. The summed E-state index contributed by atoms with van der Waals surface area (Å²) in [7, 11) is 0. The van der Waals surface area contributed by atoms with E-state index in [9.17, 15) is 0 Å². The van der Waals surface area contributed by atoms with Crippen LogP contribution in [0, 0.1) is 0 Å². The van der Waals surface area contributed by atoms with Crippen LogP contribution in [0.4, 0.5) is 0 Å². The molecule has 2 N–H and O–H groups in total. The molecule has 0 radical (unpaired) electrons. The van der Waals surface area contributed by atoms with Gasteiger partial charge in [0, 0.05) is 0 Å².